The first-order valence-corrected chi connectivity index (χ1v) is 7.01. The van der Waals surface area contributed by atoms with Gasteiger partial charge in [0.25, 0.3) is 0 Å². The highest BCUT2D eigenvalue weighted by molar-refractivity contribution is 5.82. The number of nitrogens with zero attached hydrogens (tertiary/aromatic N) is 1. The van der Waals surface area contributed by atoms with Crippen molar-refractivity contribution in [1.82, 2.24) is 4.90 Å². The van der Waals surface area contributed by atoms with Gasteiger partial charge in [0.1, 0.15) is 5.75 Å². The molecule has 1 fully saturated rings. The van der Waals surface area contributed by atoms with Crippen molar-refractivity contribution in [3.8, 4) is 16.9 Å². The maximum absolute atomic E-state index is 11.7. The van der Waals surface area contributed by atoms with E-state index >= 15 is 0 Å². The van der Waals surface area contributed by atoms with Crippen LogP contribution in [0, 0.1) is 0 Å². The number of carbonyl (C=O) groups is 1. The van der Waals surface area contributed by atoms with E-state index in [0.717, 1.165) is 16.7 Å². The zero-order chi connectivity index (χ0) is 14.8. The Labute approximate surface area is 124 Å². The molecule has 1 saturated heterocycles. The number of phenolic OH excluding ortho intramolecular Hbond substituents is 1. The van der Waals surface area contributed by atoms with Crippen molar-refractivity contribution in [3.05, 3.63) is 66.7 Å². The van der Waals surface area contributed by atoms with Gasteiger partial charge in [-0.25, -0.2) is 0 Å². The van der Waals surface area contributed by atoms with Gasteiger partial charge in [0.15, 0.2) is 0 Å². The maximum atomic E-state index is 11.7. The van der Waals surface area contributed by atoms with Gasteiger partial charge in [0, 0.05) is 18.5 Å². The fraction of sp³-hybridized carbons (Fsp3) is 0.167. The number of carbonyl (C=O) groups excluding carboxylic acids is 1. The third kappa shape index (κ3) is 2.42. The molecular formula is C18H17NO2. The number of hydrogen-bond donors (Lipinski definition) is 1. The average molecular weight is 279 g/mol. The molecule has 0 saturated carbocycles. The highest BCUT2D eigenvalue weighted by Gasteiger charge is 2.31. The summed E-state index contributed by atoms with van der Waals surface area (Å²) in [6.07, 6.45) is 2.28. The van der Waals surface area contributed by atoms with Gasteiger partial charge < -0.3 is 10.0 Å². The van der Waals surface area contributed by atoms with Crippen molar-refractivity contribution in [3.63, 3.8) is 0 Å². The van der Waals surface area contributed by atoms with E-state index in [9.17, 15) is 9.90 Å². The van der Waals surface area contributed by atoms with Crippen LogP contribution in [0.25, 0.3) is 11.1 Å². The Bertz CT molecular complexity index is 679. The highest BCUT2D eigenvalue weighted by atomic mass is 16.3. The largest absolute Gasteiger partial charge is 0.508 e. The zero-order valence-corrected chi connectivity index (χ0v) is 11.7. The molecule has 2 aromatic rings. The van der Waals surface area contributed by atoms with Gasteiger partial charge in [0.05, 0.1) is 6.04 Å². The van der Waals surface area contributed by atoms with Crippen LogP contribution in [0.5, 0.6) is 5.75 Å². The van der Waals surface area contributed by atoms with Crippen LogP contribution >= 0.6 is 0 Å². The van der Waals surface area contributed by atoms with E-state index < -0.39 is 0 Å². The minimum Gasteiger partial charge on any atom is -0.508 e. The van der Waals surface area contributed by atoms with Gasteiger partial charge in [-0.3, -0.25) is 4.79 Å². The molecule has 21 heavy (non-hydrogen) atoms. The summed E-state index contributed by atoms with van der Waals surface area (Å²) < 4.78 is 0. The molecule has 106 valence electrons. The van der Waals surface area contributed by atoms with Crippen molar-refractivity contribution in [2.45, 2.75) is 12.5 Å². The summed E-state index contributed by atoms with van der Waals surface area (Å²) in [5, 5.41) is 10.2. The van der Waals surface area contributed by atoms with Crippen LogP contribution < -0.4 is 0 Å². The molecule has 3 nitrogen and oxygen atoms in total. The summed E-state index contributed by atoms with van der Waals surface area (Å²) in [7, 11) is 0. The van der Waals surface area contributed by atoms with E-state index in [2.05, 4.69) is 6.58 Å². The second-order valence-electron chi connectivity index (χ2n) is 5.16. The van der Waals surface area contributed by atoms with Crippen LogP contribution in [0.2, 0.25) is 0 Å². The van der Waals surface area contributed by atoms with E-state index in [-0.39, 0.29) is 17.7 Å². The van der Waals surface area contributed by atoms with Crippen LogP contribution in [0.1, 0.15) is 18.0 Å². The fourth-order valence-corrected chi connectivity index (χ4v) is 2.65. The Morgan fingerprint density at radius 1 is 1.14 bits per heavy atom. The predicted octanol–water partition coefficient (Wildman–Crippen LogP) is 3.52. The van der Waals surface area contributed by atoms with Gasteiger partial charge in [-0.05, 0) is 23.3 Å². The van der Waals surface area contributed by atoms with Crippen molar-refractivity contribution in [2.24, 2.45) is 0 Å². The van der Waals surface area contributed by atoms with Crippen LogP contribution in [-0.2, 0) is 4.79 Å². The molecule has 2 aromatic carbocycles. The van der Waals surface area contributed by atoms with E-state index in [1.807, 2.05) is 42.5 Å². The Balaban J connectivity index is 2.01. The van der Waals surface area contributed by atoms with E-state index in [1.54, 1.807) is 17.0 Å². The number of amides is 1. The molecule has 0 aromatic heterocycles. The number of β-lactam (4-membered cyclic amide) rings is 1. The average Bonchev–Trinajstić information content (AvgIpc) is 2.52. The maximum Gasteiger partial charge on any atom is 0.225 e. The first-order valence-electron chi connectivity index (χ1n) is 7.01. The Morgan fingerprint density at radius 2 is 1.90 bits per heavy atom. The highest BCUT2D eigenvalue weighted by Crippen LogP contribution is 2.35. The van der Waals surface area contributed by atoms with Crippen LogP contribution in [-0.4, -0.2) is 22.5 Å². The lowest BCUT2D eigenvalue weighted by molar-refractivity contribution is -0.141. The third-order valence-electron chi connectivity index (χ3n) is 3.90. The lowest BCUT2D eigenvalue weighted by atomic mass is 9.96. The second kappa shape index (κ2) is 5.44. The van der Waals surface area contributed by atoms with Crippen molar-refractivity contribution in [2.75, 3.05) is 6.54 Å². The molecule has 1 aliphatic rings. The molecule has 1 unspecified atom stereocenters. The van der Waals surface area contributed by atoms with Crippen LogP contribution in [0.15, 0.2) is 61.2 Å². The molecule has 1 heterocycles. The molecule has 1 amide bonds. The molecule has 0 bridgehead atoms. The topological polar surface area (TPSA) is 40.5 Å². The quantitative estimate of drug-likeness (QED) is 0.687. The van der Waals surface area contributed by atoms with Crippen molar-refractivity contribution >= 4 is 5.91 Å². The van der Waals surface area contributed by atoms with Crippen LogP contribution in [0.3, 0.4) is 0 Å². The van der Waals surface area contributed by atoms with E-state index in [4.69, 9.17) is 0 Å². The summed E-state index contributed by atoms with van der Waals surface area (Å²) in [5.41, 5.74) is 2.82. The molecule has 1 aliphatic heterocycles. The summed E-state index contributed by atoms with van der Waals surface area (Å²) in [4.78, 5) is 13.4. The van der Waals surface area contributed by atoms with E-state index in [0.29, 0.717) is 13.0 Å². The molecule has 3 heteroatoms. The summed E-state index contributed by atoms with van der Waals surface area (Å²) >= 11 is 0. The summed E-state index contributed by atoms with van der Waals surface area (Å²) in [6.45, 7) is 4.53. The lowest BCUT2D eigenvalue weighted by Crippen LogP contribution is -2.45. The molecule has 0 aliphatic carbocycles. The molecule has 0 spiro atoms. The summed E-state index contributed by atoms with van der Waals surface area (Å²) in [6, 6.07) is 15.2. The number of rotatable bonds is 4. The number of benzene rings is 2. The molecule has 3 rings (SSSR count). The molecule has 1 atom stereocenters. The van der Waals surface area contributed by atoms with Gasteiger partial charge in [-0.15, -0.1) is 6.58 Å². The lowest BCUT2D eigenvalue weighted by Gasteiger charge is -2.37. The SMILES string of the molecule is C=CC(c1cc(-c2ccccc2)ccc1O)N1CCC1=O. The third-order valence-corrected chi connectivity index (χ3v) is 3.90. The first kappa shape index (κ1) is 13.4. The number of hydrogen-bond acceptors (Lipinski definition) is 2. The minimum atomic E-state index is -0.269. The normalized spacial score (nSPS) is 15.4. The van der Waals surface area contributed by atoms with Crippen LogP contribution in [0.4, 0.5) is 0 Å². The predicted molar refractivity (Wildman–Crippen MR) is 82.8 cm³/mol. The fourth-order valence-electron chi connectivity index (χ4n) is 2.65. The minimum absolute atomic E-state index is 0.101. The van der Waals surface area contributed by atoms with E-state index in [1.165, 1.54) is 0 Å². The number of likely N-dealkylation sites (tertiary alicyclic amines) is 1. The first-order chi connectivity index (χ1) is 10.2. The molecular weight excluding hydrogens is 262 g/mol. The molecule has 0 radical (unpaired) electrons. The Hall–Kier alpha value is -2.55. The number of phenols is 1. The van der Waals surface area contributed by atoms with Gasteiger partial charge >= 0.3 is 0 Å². The Kier molecular flexibility index (Phi) is 3.48. The second-order valence-corrected chi connectivity index (χ2v) is 5.16. The molecule has 1 N–H and O–H groups in total. The summed E-state index contributed by atoms with van der Waals surface area (Å²) in [5.74, 6) is 0.295. The van der Waals surface area contributed by atoms with Gasteiger partial charge in [-0.1, -0.05) is 42.5 Å². The zero-order valence-electron chi connectivity index (χ0n) is 11.7. The smallest absolute Gasteiger partial charge is 0.225 e. The van der Waals surface area contributed by atoms with Gasteiger partial charge in [0.2, 0.25) is 5.91 Å². The number of aromatic hydroxyl groups is 1. The van der Waals surface area contributed by atoms with Gasteiger partial charge in [-0.2, -0.15) is 0 Å². The van der Waals surface area contributed by atoms with Crippen molar-refractivity contribution < 1.29 is 9.90 Å². The Morgan fingerprint density at radius 3 is 2.48 bits per heavy atom. The monoisotopic (exact) mass is 279 g/mol. The van der Waals surface area contributed by atoms with Crippen molar-refractivity contribution in [1.29, 1.82) is 0 Å². The standard InChI is InChI=1S/C18H17NO2/c1-2-16(19-11-10-18(19)21)15-12-14(8-9-17(15)20)13-6-4-3-5-7-13/h2-9,12,16,20H,1,10-11H2.